The Morgan fingerprint density at radius 3 is 2.29 bits per heavy atom. The van der Waals surface area contributed by atoms with Gasteiger partial charge in [-0.15, -0.1) is 11.8 Å². The van der Waals surface area contributed by atoms with Crippen LogP contribution in [0.15, 0.2) is 48.5 Å². The number of aryl methyl sites for hydroxylation is 1. The molecule has 2 aromatic rings. The second-order valence-electron chi connectivity index (χ2n) is 9.12. The Labute approximate surface area is 208 Å². The van der Waals surface area contributed by atoms with Gasteiger partial charge < -0.3 is 15.0 Å². The molecule has 0 aliphatic heterocycles. The van der Waals surface area contributed by atoms with Crippen LogP contribution in [0.2, 0.25) is 0 Å². The van der Waals surface area contributed by atoms with Crippen LogP contribution < -0.4 is 10.1 Å². The molecule has 5 nitrogen and oxygen atoms in total. The molecule has 0 bridgehead atoms. The average Bonchev–Trinajstić information content (AvgIpc) is 2.86. The summed E-state index contributed by atoms with van der Waals surface area (Å²) in [6, 6.07) is 15.9. The van der Waals surface area contributed by atoms with Crippen LogP contribution in [0.5, 0.6) is 5.75 Å². The summed E-state index contributed by atoms with van der Waals surface area (Å²) < 4.78 is 5.22. The highest BCUT2D eigenvalue weighted by molar-refractivity contribution is 7.99. The highest BCUT2D eigenvalue weighted by Crippen LogP contribution is 2.21. The molecule has 1 N–H and O–H groups in total. The lowest BCUT2D eigenvalue weighted by Crippen LogP contribution is -2.52. The van der Waals surface area contributed by atoms with Gasteiger partial charge in [-0.05, 0) is 49.4 Å². The maximum Gasteiger partial charge on any atom is 0.243 e. The van der Waals surface area contributed by atoms with E-state index in [9.17, 15) is 9.59 Å². The van der Waals surface area contributed by atoms with Crippen molar-refractivity contribution in [3.63, 3.8) is 0 Å². The summed E-state index contributed by atoms with van der Waals surface area (Å²) in [4.78, 5) is 28.5. The number of nitrogens with zero attached hydrogens (tertiary/aromatic N) is 1. The van der Waals surface area contributed by atoms with Crippen LogP contribution in [-0.2, 0) is 21.9 Å². The Morgan fingerprint density at radius 2 is 1.68 bits per heavy atom. The third kappa shape index (κ3) is 7.79. The van der Waals surface area contributed by atoms with E-state index in [1.54, 1.807) is 23.8 Å². The summed E-state index contributed by atoms with van der Waals surface area (Å²) >= 11 is 1.58. The van der Waals surface area contributed by atoms with Crippen molar-refractivity contribution in [2.24, 2.45) is 0 Å². The Morgan fingerprint density at radius 1 is 1.03 bits per heavy atom. The fraction of sp³-hybridized carbons (Fsp3) is 0.500. The molecule has 1 fully saturated rings. The summed E-state index contributed by atoms with van der Waals surface area (Å²) in [5.41, 5.74) is 3.37. The van der Waals surface area contributed by atoms with Gasteiger partial charge in [0.15, 0.2) is 0 Å². The lowest BCUT2D eigenvalue weighted by molar-refractivity contribution is -0.139. The molecule has 6 heteroatoms. The number of amides is 2. The van der Waals surface area contributed by atoms with Crippen molar-refractivity contribution < 1.29 is 14.3 Å². The third-order valence-corrected chi connectivity index (χ3v) is 7.45. The van der Waals surface area contributed by atoms with Crippen molar-refractivity contribution in [1.82, 2.24) is 10.2 Å². The van der Waals surface area contributed by atoms with Crippen LogP contribution in [-0.4, -0.2) is 41.7 Å². The Hall–Kier alpha value is -2.47. The van der Waals surface area contributed by atoms with Gasteiger partial charge in [0.05, 0.1) is 12.9 Å². The number of methoxy groups -OCH3 is 1. The summed E-state index contributed by atoms with van der Waals surface area (Å²) in [5, 5.41) is 3.24. The molecule has 1 atom stereocenters. The molecule has 0 spiro atoms. The number of benzene rings is 2. The summed E-state index contributed by atoms with van der Waals surface area (Å²) in [6.07, 6.45) is 6.23. The van der Waals surface area contributed by atoms with Gasteiger partial charge in [0, 0.05) is 18.3 Å². The van der Waals surface area contributed by atoms with Gasteiger partial charge in [0.2, 0.25) is 11.8 Å². The zero-order valence-corrected chi connectivity index (χ0v) is 21.5. The smallest absolute Gasteiger partial charge is 0.243 e. The molecule has 1 aliphatic carbocycles. The fourth-order valence-electron chi connectivity index (χ4n) is 4.41. The molecule has 184 valence electrons. The molecule has 2 aromatic carbocycles. The number of hydrogen-bond donors (Lipinski definition) is 1. The molecule has 0 saturated heterocycles. The first-order chi connectivity index (χ1) is 16.5. The van der Waals surface area contributed by atoms with Crippen molar-refractivity contribution in [2.75, 3.05) is 12.9 Å². The Balaban J connectivity index is 1.67. The van der Waals surface area contributed by atoms with E-state index < -0.39 is 6.04 Å². The lowest BCUT2D eigenvalue weighted by Gasteiger charge is -2.32. The molecule has 1 saturated carbocycles. The minimum absolute atomic E-state index is 0.00438. The van der Waals surface area contributed by atoms with E-state index in [0.717, 1.165) is 48.3 Å². The van der Waals surface area contributed by atoms with Crippen LogP contribution in [0.3, 0.4) is 0 Å². The van der Waals surface area contributed by atoms with Crippen molar-refractivity contribution in [3.05, 3.63) is 65.2 Å². The van der Waals surface area contributed by atoms with Gasteiger partial charge in [-0.25, -0.2) is 0 Å². The van der Waals surface area contributed by atoms with Gasteiger partial charge in [-0.3, -0.25) is 9.59 Å². The molecule has 0 radical (unpaired) electrons. The van der Waals surface area contributed by atoms with Gasteiger partial charge in [0.25, 0.3) is 0 Å². The van der Waals surface area contributed by atoms with Crippen molar-refractivity contribution in [2.45, 2.75) is 76.8 Å². The predicted molar refractivity (Wildman–Crippen MR) is 140 cm³/mol. The number of nitrogens with one attached hydrogen (secondary N) is 1. The van der Waals surface area contributed by atoms with Crippen molar-refractivity contribution in [3.8, 4) is 5.75 Å². The molecule has 34 heavy (non-hydrogen) atoms. The number of carbonyl (C=O) groups is 2. The van der Waals surface area contributed by atoms with Crippen LogP contribution in [0.1, 0.15) is 62.1 Å². The minimum atomic E-state index is -0.461. The first kappa shape index (κ1) is 26.1. The van der Waals surface area contributed by atoms with Gasteiger partial charge in [-0.1, -0.05) is 68.1 Å². The third-order valence-electron chi connectivity index (χ3n) is 6.46. The molecular formula is C28H38N2O3S. The lowest BCUT2D eigenvalue weighted by atomic mass is 9.95. The molecule has 1 aliphatic rings. The largest absolute Gasteiger partial charge is 0.497 e. The van der Waals surface area contributed by atoms with Gasteiger partial charge in [0.1, 0.15) is 11.8 Å². The molecule has 2 amide bonds. The second-order valence-corrected chi connectivity index (χ2v) is 10.1. The number of thioether (sulfide) groups is 1. The Kier molecular flexibility index (Phi) is 10.3. The minimum Gasteiger partial charge on any atom is -0.497 e. The van der Waals surface area contributed by atoms with Crippen molar-refractivity contribution in [1.29, 1.82) is 0 Å². The first-order valence-corrected chi connectivity index (χ1v) is 13.5. The maximum absolute atomic E-state index is 13.4. The highest BCUT2D eigenvalue weighted by Gasteiger charge is 2.30. The predicted octanol–water partition coefficient (Wildman–Crippen LogP) is 5.49. The van der Waals surface area contributed by atoms with Crippen LogP contribution in [0, 0.1) is 6.92 Å². The first-order valence-electron chi connectivity index (χ1n) is 12.4. The van der Waals surface area contributed by atoms with Gasteiger partial charge >= 0.3 is 0 Å². The molecule has 0 aromatic heterocycles. The van der Waals surface area contributed by atoms with Crippen LogP contribution >= 0.6 is 11.8 Å². The Bertz CT molecular complexity index is 908. The number of rotatable bonds is 11. The van der Waals surface area contributed by atoms with E-state index in [-0.39, 0.29) is 17.9 Å². The number of ether oxygens (including phenoxy) is 1. The van der Waals surface area contributed by atoms with E-state index >= 15 is 0 Å². The van der Waals surface area contributed by atoms with Crippen molar-refractivity contribution >= 4 is 23.6 Å². The summed E-state index contributed by atoms with van der Waals surface area (Å²) in [7, 11) is 1.65. The topological polar surface area (TPSA) is 58.6 Å². The highest BCUT2D eigenvalue weighted by atomic mass is 32.2. The van der Waals surface area contributed by atoms with E-state index in [2.05, 4.69) is 24.4 Å². The zero-order valence-electron chi connectivity index (χ0n) is 20.7. The van der Waals surface area contributed by atoms with E-state index in [0.29, 0.717) is 18.7 Å². The normalized spacial score (nSPS) is 14.9. The van der Waals surface area contributed by atoms with E-state index in [1.807, 2.05) is 43.3 Å². The standard InChI is InChI=1S/C28H38N2O3S/c1-4-26(28(32)29-24-8-6-5-7-9-24)30(18-22-12-10-21(2)11-13-22)27(31)20-34-19-23-14-16-25(33-3)17-15-23/h10-17,24,26H,4-9,18-20H2,1-3H3,(H,29,32)/t26-/m0/s1. The SMILES string of the molecule is CC[C@@H](C(=O)NC1CCCCC1)N(Cc1ccc(C)cc1)C(=O)CSCc1ccc(OC)cc1. The van der Waals surface area contributed by atoms with Crippen LogP contribution in [0.25, 0.3) is 0 Å². The van der Waals surface area contributed by atoms with Crippen LogP contribution in [0.4, 0.5) is 0 Å². The van der Waals surface area contributed by atoms with E-state index in [1.165, 1.54) is 12.0 Å². The number of hydrogen-bond acceptors (Lipinski definition) is 4. The average molecular weight is 483 g/mol. The maximum atomic E-state index is 13.4. The number of carbonyl (C=O) groups excluding carboxylic acids is 2. The van der Waals surface area contributed by atoms with Gasteiger partial charge in [-0.2, -0.15) is 0 Å². The molecule has 0 unspecified atom stereocenters. The molecular weight excluding hydrogens is 444 g/mol. The monoisotopic (exact) mass is 482 g/mol. The molecule has 0 heterocycles. The fourth-order valence-corrected chi connectivity index (χ4v) is 5.29. The quantitative estimate of drug-likeness (QED) is 0.460. The van der Waals surface area contributed by atoms with E-state index in [4.69, 9.17) is 4.74 Å². The summed E-state index contributed by atoms with van der Waals surface area (Å²) in [5.74, 6) is 1.88. The zero-order chi connectivity index (χ0) is 24.3. The second kappa shape index (κ2) is 13.4. The summed E-state index contributed by atoms with van der Waals surface area (Å²) in [6.45, 7) is 4.48. The molecule has 3 rings (SSSR count).